The van der Waals surface area contributed by atoms with Crippen LogP contribution in [0.2, 0.25) is 0 Å². The Balaban J connectivity index is 2.24. The van der Waals surface area contributed by atoms with Gasteiger partial charge in [0.25, 0.3) is 6.43 Å². The van der Waals surface area contributed by atoms with E-state index in [0.29, 0.717) is 16.7 Å². The quantitative estimate of drug-likeness (QED) is 0.812. The van der Waals surface area contributed by atoms with Gasteiger partial charge in [-0.3, -0.25) is 4.21 Å². The topological polar surface area (TPSA) is 59.0 Å². The first-order valence-electron chi connectivity index (χ1n) is 7.03. The van der Waals surface area contributed by atoms with E-state index in [0.717, 1.165) is 19.4 Å². The molecule has 0 saturated carbocycles. The summed E-state index contributed by atoms with van der Waals surface area (Å²) in [5.74, 6) is 0.437. The van der Waals surface area contributed by atoms with Crippen molar-refractivity contribution in [2.24, 2.45) is 0 Å². The fourth-order valence-corrected chi connectivity index (χ4v) is 3.15. The Morgan fingerprint density at radius 2 is 2.18 bits per heavy atom. The summed E-state index contributed by atoms with van der Waals surface area (Å²) in [7, 11) is -1.33. The van der Waals surface area contributed by atoms with Crippen LogP contribution in [0.3, 0.4) is 0 Å². The zero-order valence-corrected chi connectivity index (χ0v) is 13.1. The van der Waals surface area contributed by atoms with Crippen LogP contribution >= 0.6 is 0 Å². The van der Waals surface area contributed by atoms with E-state index in [-0.39, 0.29) is 16.9 Å². The van der Waals surface area contributed by atoms with Crippen molar-refractivity contribution in [2.75, 3.05) is 17.7 Å². The number of pyridine rings is 1. The van der Waals surface area contributed by atoms with Gasteiger partial charge in [-0.25, -0.2) is 23.7 Å². The van der Waals surface area contributed by atoms with Crippen LogP contribution in [0.1, 0.15) is 31.9 Å². The molecule has 0 aromatic carbocycles. The third kappa shape index (κ3) is 2.67. The molecule has 0 aliphatic carbocycles. The van der Waals surface area contributed by atoms with Crippen LogP contribution in [-0.4, -0.2) is 38.0 Å². The Kier molecular flexibility index (Phi) is 4.03. The van der Waals surface area contributed by atoms with Crippen molar-refractivity contribution in [1.82, 2.24) is 15.0 Å². The highest BCUT2D eigenvalue weighted by atomic mass is 32.2. The summed E-state index contributed by atoms with van der Waals surface area (Å²) in [6.45, 7) is 2.79. The number of halogens is 2. The van der Waals surface area contributed by atoms with Crippen molar-refractivity contribution >= 4 is 27.5 Å². The molecule has 3 rings (SSSR count). The van der Waals surface area contributed by atoms with Gasteiger partial charge in [0.05, 0.1) is 10.8 Å². The minimum absolute atomic E-state index is 0.187. The summed E-state index contributed by atoms with van der Waals surface area (Å²) in [6.07, 6.45) is 2.25. The molecule has 0 spiro atoms. The molecule has 8 heteroatoms. The number of nitrogens with zero attached hydrogens (tertiary/aromatic N) is 4. The molecular formula is C14H16F2N4OS. The van der Waals surface area contributed by atoms with E-state index in [9.17, 15) is 13.0 Å². The molecular weight excluding hydrogens is 310 g/mol. The van der Waals surface area contributed by atoms with Crippen LogP contribution in [0, 0.1) is 0 Å². The van der Waals surface area contributed by atoms with Gasteiger partial charge >= 0.3 is 0 Å². The van der Waals surface area contributed by atoms with E-state index in [1.165, 1.54) is 18.5 Å². The number of anilines is 1. The molecule has 1 saturated heterocycles. The third-order valence-corrected chi connectivity index (χ3v) is 4.56. The lowest BCUT2D eigenvalue weighted by Gasteiger charge is -2.24. The molecule has 22 heavy (non-hydrogen) atoms. The summed E-state index contributed by atoms with van der Waals surface area (Å²) >= 11 is 0. The Morgan fingerprint density at radius 3 is 2.77 bits per heavy atom. The zero-order chi connectivity index (χ0) is 15.9. The number of alkyl halides is 2. The molecule has 1 aliphatic heterocycles. The van der Waals surface area contributed by atoms with Crippen molar-refractivity contribution in [1.29, 1.82) is 0 Å². The maximum Gasteiger partial charge on any atom is 0.280 e. The zero-order valence-electron chi connectivity index (χ0n) is 12.3. The van der Waals surface area contributed by atoms with E-state index >= 15 is 0 Å². The van der Waals surface area contributed by atoms with Gasteiger partial charge in [-0.1, -0.05) is 0 Å². The van der Waals surface area contributed by atoms with Gasteiger partial charge in [0, 0.05) is 30.4 Å². The predicted molar refractivity (Wildman–Crippen MR) is 80.7 cm³/mol. The van der Waals surface area contributed by atoms with Gasteiger partial charge < -0.3 is 4.90 Å². The van der Waals surface area contributed by atoms with Gasteiger partial charge in [0.1, 0.15) is 11.2 Å². The lowest BCUT2D eigenvalue weighted by Crippen LogP contribution is -2.28. The fraction of sp³-hybridized carbons (Fsp3) is 0.500. The van der Waals surface area contributed by atoms with Crippen LogP contribution in [0.5, 0.6) is 0 Å². The number of aromatic nitrogens is 3. The molecule has 2 aromatic heterocycles. The van der Waals surface area contributed by atoms with Crippen molar-refractivity contribution < 1.29 is 13.0 Å². The second-order valence-electron chi connectivity index (χ2n) is 5.40. The Bertz CT molecular complexity index is 740. The van der Waals surface area contributed by atoms with Crippen LogP contribution in [0.25, 0.3) is 10.9 Å². The largest absolute Gasteiger partial charge is 0.352 e. The van der Waals surface area contributed by atoms with Crippen LogP contribution in [0.4, 0.5) is 14.6 Å². The molecule has 2 atom stereocenters. The predicted octanol–water partition coefficient (Wildman–Crippen LogP) is 2.69. The highest BCUT2D eigenvalue weighted by Gasteiger charge is 2.26. The van der Waals surface area contributed by atoms with E-state index < -0.39 is 17.2 Å². The average molecular weight is 326 g/mol. The smallest absolute Gasteiger partial charge is 0.280 e. The molecule has 5 nitrogen and oxygen atoms in total. The number of hydrogen-bond donors (Lipinski definition) is 0. The van der Waals surface area contributed by atoms with Gasteiger partial charge in [0.15, 0.2) is 5.82 Å². The number of rotatable bonds is 3. The summed E-state index contributed by atoms with van der Waals surface area (Å²) in [5, 5.41) is 0.681. The minimum Gasteiger partial charge on any atom is -0.352 e. The van der Waals surface area contributed by atoms with Crippen LogP contribution < -0.4 is 4.90 Å². The van der Waals surface area contributed by atoms with Gasteiger partial charge in [-0.05, 0) is 25.8 Å². The maximum absolute atomic E-state index is 13.1. The van der Waals surface area contributed by atoms with E-state index in [4.69, 9.17) is 0 Å². The SMILES string of the molecule is C[C@@H]1CCCN1c1nc(C(F)F)cc2cnc(S(C)=O)nc12. The number of fused-ring (bicyclic) bond motifs is 1. The molecule has 2 aromatic rings. The highest BCUT2D eigenvalue weighted by Crippen LogP contribution is 2.32. The fourth-order valence-electron chi connectivity index (χ4n) is 2.72. The van der Waals surface area contributed by atoms with E-state index in [1.54, 1.807) is 0 Å². The lowest BCUT2D eigenvalue weighted by molar-refractivity contribution is 0.146. The van der Waals surface area contributed by atoms with E-state index in [1.807, 2.05) is 11.8 Å². The first-order chi connectivity index (χ1) is 10.5. The van der Waals surface area contributed by atoms with Gasteiger partial charge in [-0.2, -0.15) is 0 Å². The Morgan fingerprint density at radius 1 is 1.41 bits per heavy atom. The number of hydrogen-bond acceptors (Lipinski definition) is 5. The molecule has 0 N–H and O–H groups in total. The molecule has 0 amide bonds. The van der Waals surface area contributed by atoms with Crippen molar-refractivity contribution in [2.45, 2.75) is 37.4 Å². The summed E-state index contributed by atoms with van der Waals surface area (Å²) < 4.78 is 37.8. The summed E-state index contributed by atoms with van der Waals surface area (Å²) in [4.78, 5) is 14.4. The molecule has 1 unspecified atom stereocenters. The molecule has 0 radical (unpaired) electrons. The first-order valence-corrected chi connectivity index (χ1v) is 8.59. The molecule has 3 heterocycles. The molecule has 118 valence electrons. The minimum atomic E-state index is -2.65. The second kappa shape index (κ2) is 5.83. The van der Waals surface area contributed by atoms with Crippen molar-refractivity contribution in [3.8, 4) is 0 Å². The molecule has 1 fully saturated rings. The van der Waals surface area contributed by atoms with Crippen LogP contribution in [-0.2, 0) is 10.8 Å². The van der Waals surface area contributed by atoms with Crippen molar-refractivity contribution in [3.63, 3.8) is 0 Å². The van der Waals surface area contributed by atoms with Gasteiger partial charge in [-0.15, -0.1) is 0 Å². The molecule has 0 bridgehead atoms. The average Bonchev–Trinajstić information content (AvgIpc) is 2.91. The Hall–Kier alpha value is -1.70. The molecule has 1 aliphatic rings. The van der Waals surface area contributed by atoms with Gasteiger partial charge in [0.2, 0.25) is 5.16 Å². The normalized spacial score (nSPS) is 20.0. The Labute approximate surface area is 129 Å². The summed E-state index contributed by atoms with van der Waals surface area (Å²) in [6, 6.07) is 1.52. The first kappa shape index (κ1) is 15.2. The third-order valence-electron chi connectivity index (χ3n) is 3.85. The lowest BCUT2D eigenvalue weighted by atomic mass is 10.2. The standard InChI is InChI=1S/C14H16F2N4OS/c1-8-4-3-5-20(8)13-11-9(6-10(18-13)12(15)16)7-17-14(19-11)22(2)21/h6-8,12H,3-5H2,1-2H3/t8-,22?/m1/s1. The van der Waals surface area contributed by atoms with Crippen LogP contribution in [0.15, 0.2) is 17.4 Å². The second-order valence-corrected chi connectivity index (χ2v) is 6.67. The summed E-state index contributed by atoms with van der Waals surface area (Å²) in [5.41, 5.74) is 0.203. The van der Waals surface area contributed by atoms with Crippen molar-refractivity contribution in [3.05, 3.63) is 18.0 Å². The highest BCUT2D eigenvalue weighted by molar-refractivity contribution is 7.84. The monoisotopic (exact) mass is 326 g/mol. The van der Waals surface area contributed by atoms with E-state index in [2.05, 4.69) is 15.0 Å². The maximum atomic E-state index is 13.1.